The van der Waals surface area contributed by atoms with Crippen LogP contribution in [-0.2, 0) is 19.1 Å². The summed E-state index contributed by atoms with van der Waals surface area (Å²) in [5.41, 5.74) is -0.831. The molecule has 0 aromatic rings. The molecule has 4 bridgehead atoms. The number of nitrogens with one attached hydrogen (secondary N) is 1. The second-order valence-corrected chi connectivity index (χ2v) is 9.61. The molecular formula is C20H29N3O4. The van der Waals surface area contributed by atoms with E-state index < -0.39 is 11.0 Å². The number of esters is 1. The standard InChI is InChI=1S/C20H29N3O4/c1-13(24)27-20-9-14-6-15(10-20)8-19(7-14,12-20)18(26)23-5-4-22-3-2-21-17(25)16(22)11-23/h14-16H,2-12H2,1H3,(H,21,25)/t14-,15-,16-,19?,20?/m0/s1. The third-order valence-electron chi connectivity index (χ3n) is 7.60. The van der Waals surface area contributed by atoms with Crippen LogP contribution in [0.2, 0.25) is 0 Å². The van der Waals surface area contributed by atoms with Gasteiger partial charge in [-0.05, 0) is 43.9 Å². The van der Waals surface area contributed by atoms with Gasteiger partial charge in [0.05, 0.1) is 5.41 Å². The molecule has 4 saturated carbocycles. The van der Waals surface area contributed by atoms with Gasteiger partial charge in [0.1, 0.15) is 11.6 Å². The molecule has 6 fully saturated rings. The van der Waals surface area contributed by atoms with E-state index in [1.165, 1.54) is 6.92 Å². The number of ether oxygens (including phenoxy) is 1. The lowest BCUT2D eigenvalue weighted by atomic mass is 9.47. The van der Waals surface area contributed by atoms with E-state index in [2.05, 4.69) is 10.2 Å². The van der Waals surface area contributed by atoms with Gasteiger partial charge < -0.3 is 15.0 Å². The Morgan fingerprint density at radius 3 is 2.56 bits per heavy atom. The van der Waals surface area contributed by atoms with Crippen LogP contribution >= 0.6 is 0 Å². The summed E-state index contributed by atoms with van der Waals surface area (Å²) in [5.74, 6) is 0.974. The van der Waals surface area contributed by atoms with Crippen LogP contribution in [0.3, 0.4) is 0 Å². The van der Waals surface area contributed by atoms with Crippen molar-refractivity contribution in [3.05, 3.63) is 0 Å². The summed E-state index contributed by atoms with van der Waals surface area (Å²) >= 11 is 0. The molecule has 0 radical (unpaired) electrons. The summed E-state index contributed by atoms with van der Waals surface area (Å²) in [5, 5.41) is 2.93. The quantitative estimate of drug-likeness (QED) is 0.713. The molecule has 2 heterocycles. The molecule has 1 N–H and O–H groups in total. The molecule has 2 saturated heterocycles. The van der Waals surface area contributed by atoms with Gasteiger partial charge in [-0.1, -0.05) is 0 Å². The number of rotatable bonds is 2. The number of fused-ring (bicyclic) bond motifs is 1. The van der Waals surface area contributed by atoms with E-state index in [0.717, 1.165) is 45.2 Å². The largest absolute Gasteiger partial charge is 0.459 e. The second kappa shape index (κ2) is 5.93. The Bertz CT molecular complexity index is 679. The first-order chi connectivity index (χ1) is 12.9. The van der Waals surface area contributed by atoms with Gasteiger partial charge in [0.15, 0.2) is 0 Å². The van der Waals surface area contributed by atoms with Gasteiger partial charge in [-0.15, -0.1) is 0 Å². The normalized spacial score (nSPS) is 43.2. The maximum atomic E-state index is 13.7. The molecule has 4 aliphatic carbocycles. The molecule has 0 aromatic carbocycles. The van der Waals surface area contributed by atoms with Crippen LogP contribution in [-0.4, -0.2) is 72.0 Å². The van der Waals surface area contributed by atoms with Crippen LogP contribution < -0.4 is 5.32 Å². The minimum atomic E-state index is -0.435. The van der Waals surface area contributed by atoms with Gasteiger partial charge in [-0.2, -0.15) is 0 Å². The van der Waals surface area contributed by atoms with Crippen molar-refractivity contribution in [3.63, 3.8) is 0 Å². The highest BCUT2D eigenvalue weighted by Crippen LogP contribution is 2.63. The molecule has 0 aromatic heterocycles. The highest BCUT2D eigenvalue weighted by Gasteiger charge is 2.63. The Balaban J connectivity index is 1.38. The van der Waals surface area contributed by atoms with Gasteiger partial charge in [0.25, 0.3) is 0 Å². The lowest BCUT2D eigenvalue weighted by molar-refractivity contribution is -0.206. The molecule has 148 valence electrons. The SMILES string of the molecule is CC(=O)OC12C[C@H]3C[C@H](C1)CC(C(=O)N1CCN4CCNC(=O)[C@@H]4C1)(C3)C2. The maximum Gasteiger partial charge on any atom is 0.303 e. The van der Waals surface area contributed by atoms with E-state index in [9.17, 15) is 14.4 Å². The van der Waals surface area contributed by atoms with Crippen molar-refractivity contribution in [1.82, 2.24) is 15.1 Å². The first kappa shape index (κ1) is 17.5. The van der Waals surface area contributed by atoms with Crippen molar-refractivity contribution < 1.29 is 19.1 Å². The van der Waals surface area contributed by atoms with Crippen molar-refractivity contribution in [3.8, 4) is 0 Å². The van der Waals surface area contributed by atoms with Crippen LogP contribution in [0.25, 0.3) is 0 Å². The molecule has 6 rings (SSSR count). The monoisotopic (exact) mass is 375 g/mol. The van der Waals surface area contributed by atoms with Crippen molar-refractivity contribution >= 4 is 17.8 Å². The Morgan fingerprint density at radius 2 is 1.85 bits per heavy atom. The zero-order chi connectivity index (χ0) is 18.8. The number of hydrogen-bond acceptors (Lipinski definition) is 5. The van der Waals surface area contributed by atoms with Crippen LogP contribution in [0, 0.1) is 17.3 Å². The lowest BCUT2D eigenvalue weighted by Gasteiger charge is -2.61. The van der Waals surface area contributed by atoms with Crippen molar-refractivity contribution in [2.24, 2.45) is 17.3 Å². The Hall–Kier alpha value is -1.63. The molecule has 3 atom stereocenters. The fraction of sp³-hybridized carbons (Fsp3) is 0.850. The maximum absolute atomic E-state index is 13.7. The van der Waals surface area contributed by atoms with E-state index in [1.54, 1.807) is 0 Å². The minimum absolute atomic E-state index is 0.0423. The molecule has 7 nitrogen and oxygen atoms in total. The molecular weight excluding hydrogens is 346 g/mol. The van der Waals surface area contributed by atoms with E-state index in [1.807, 2.05) is 4.90 Å². The van der Waals surface area contributed by atoms with Gasteiger partial charge in [-0.25, -0.2) is 0 Å². The molecule has 27 heavy (non-hydrogen) atoms. The van der Waals surface area contributed by atoms with E-state index in [-0.39, 0.29) is 23.8 Å². The number of hydrogen-bond donors (Lipinski definition) is 1. The number of amides is 2. The zero-order valence-electron chi connectivity index (χ0n) is 16.0. The van der Waals surface area contributed by atoms with Gasteiger partial charge in [0.2, 0.25) is 11.8 Å². The Labute approximate surface area is 159 Å². The lowest BCUT2D eigenvalue weighted by Crippen LogP contribution is -2.67. The molecule has 2 aliphatic heterocycles. The topological polar surface area (TPSA) is 79.0 Å². The molecule has 2 amide bonds. The van der Waals surface area contributed by atoms with E-state index in [4.69, 9.17) is 4.74 Å². The summed E-state index contributed by atoms with van der Waals surface area (Å²) < 4.78 is 5.83. The van der Waals surface area contributed by atoms with Crippen LogP contribution in [0.15, 0.2) is 0 Å². The number of carbonyl (C=O) groups excluding carboxylic acids is 3. The van der Waals surface area contributed by atoms with Crippen molar-refractivity contribution in [2.75, 3.05) is 32.7 Å². The average Bonchev–Trinajstić information content (AvgIpc) is 2.59. The fourth-order valence-corrected chi connectivity index (χ4v) is 7.15. The van der Waals surface area contributed by atoms with Crippen LogP contribution in [0.4, 0.5) is 0 Å². The fourth-order valence-electron chi connectivity index (χ4n) is 7.15. The predicted molar refractivity (Wildman–Crippen MR) is 96.6 cm³/mol. The first-order valence-electron chi connectivity index (χ1n) is 10.4. The van der Waals surface area contributed by atoms with Crippen molar-refractivity contribution in [1.29, 1.82) is 0 Å². The predicted octanol–water partition coefficient (Wildman–Crippen LogP) is 0.531. The minimum Gasteiger partial charge on any atom is -0.459 e. The smallest absolute Gasteiger partial charge is 0.303 e. The first-order valence-corrected chi connectivity index (χ1v) is 10.4. The van der Waals surface area contributed by atoms with Gasteiger partial charge in [-0.3, -0.25) is 19.3 Å². The third kappa shape index (κ3) is 2.77. The van der Waals surface area contributed by atoms with Crippen molar-refractivity contribution in [2.45, 2.75) is 57.1 Å². The average molecular weight is 375 g/mol. The summed E-state index contributed by atoms with van der Waals surface area (Å²) in [6.45, 7) is 4.99. The number of nitrogens with zero attached hydrogens (tertiary/aromatic N) is 2. The highest BCUT2D eigenvalue weighted by molar-refractivity contribution is 5.87. The molecule has 6 aliphatic rings. The molecule has 0 unspecified atom stereocenters. The molecule has 7 heteroatoms. The van der Waals surface area contributed by atoms with Crippen LogP contribution in [0.5, 0.6) is 0 Å². The van der Waals surface area contributed by atoms with E-state index >= 15 is 0 Å². The Morgan fingerprint density at radius 1 is 1.11 bits per heavy atom. The third-order valence-corrected chi connectivity index (χ3v) is 7.60. The van der Waals surface area contributed by atoms with Crippen LogP contribution in [0.1, 0.15) is 45.4 Å². The summed E-state index contributed by atoms with van der Waals surface area (Å²) in [6, 6.07) is -0.215. The summed E-state index contributed by atoms with van der Waals surface area (Å²) in [4.78, 5) is 41.8. The summed E-state index contributed by atoms with van der Waals surface area (Å²) in [7, 11) is 0. The van der Waals surface area contributed by atoms with Gasteiger partial charge >= 0.3 is 5.97 Å². The number of carbonyl (C=O) groups is 3. The second-order valence-electron chi connectivity index (χ2n) is 9.61. The van der Waals surface area contributed by atoms with Gasteiger partial charge in [0, 0.05) is 46.1 Å². The summed E-state index contributed by atoms with van der Waals surface area (Å²) in [6.07, 6.45) is 5.50. The number of piperazine rings is 2. The highest BCUT2D eigenvalue weighted by atomic mass is 16.6. The zero-order valence-corrected chi connectivity index (χ0v) is 16.0. The Kier molecular flexibility index (Phi) is 3.84. The molecule has 0 spiro atoms. The van der Waals surface area contributed by atoms with E-state index in [0.29, 0.717) is 37.9 Å².